The smallest absolute Gasteiger partial charge is 0.313 e. The first-order valence-corrected chi connectivity index (χ1v) is 8.56. The van der Waals surface area contributed by atoms with Crippen LogP contribution < -0.4 is 10.5 Å². The zero-order chi connectivity index (χ0) is 18.4. The SMILES string of the molecule is CCOC(=O)C1(C)CCN(c2nc3c(cnn3C(C)(C)C)c(=O)[nH]2)C1. The number of nitrogens with zero attached hydrogens (tertiary/aromatic N) is 4. The Labute approximate surface area is 146 Å². The third kappa shape index (κ3) is 3.01. The molecule has 0 radical (unpaired) electrons. The maximum Gasteiger partial charge on any atom is 0.313 e. The van der Waals surface area contributed by atoms with Crippen LogP contribution in [0.1, 0.15) is 41.0 Å². The molecule has 3 rings (SSSR count). The van der Waals surface area contributed by atoms with Gasteiger partial charge in [-0.25, -0.2) is 4.68 Å². The maximum atomic E-state index is 12.4. The van der Waals surface area contributed by atoms with Crippen molar-refractivity contribution in [3.63, 3.8) is 0 Å². The van der Waals surface area contributed by atoms with Crippen LogP contribution in [0.3, 0.4) is 0 Å². The number of hydrogen-bond acceptors (Lipinski definition) is 6. The van der Waals surface area contributed by atoms with Crippen molar-refractivity contribution in [2.45, 2.75) is 46.6 Å². The molecule has 1 unspecified atom stereocenters. The fraction of sp³-hybridized carbons (Fsp3) is 0.647. The molecule has 1 saturated heterocycles. The van der Waals surface area contributed by atoms with Crippen molar-refractivity contribution in [2.24, 2.45) is 5.41 Å². The molecule has 0 amide bonds. The Morgan fingerprint density at radius 1 is 1.44 bits per heavy atom. The highest BCUT2D eigenvalue weighted by Crippen LogP contribution is 2.33. The second kappa shape index (κ2) is 5.86. The van der Waals surface area contributed by atoms with Crippen LogP contribution in [-0.2, 0) is 15.1 Å². The number of esters is 1. The third-order valence-corrected chi connectivity index (χ3v) is 4.60. The van der Waals surface area contributed by atoms with E-state index in [4.69, 9.17) is 4.74 Å². The second-order valence-corrected chi connectivity index (χ2v) is 7.81. The van der Waals surface area contributed by atoms with E-state index < -0.39 is 5.41 Å². The van der Waals surface area contributed by atoms with E-state index in [1.54, 1.807) is 17.8 Å². The maximum absolute atomic E-state index is 12.4. The van der Waals surface area contributed by atoms with Crippen LogP contribution in [0, 0.1) is 5.41 Å². The summed E-state index contributed by atoms with van der Waals surface area (Å²) < 4.78 is 6.94. The molecule has 0 spiro atoms. The Bertz CT molecular complexity index is 863. The van der Waals surface area contributed by atoms with E-state index in [9.17, 15) is 9.59 Å². The first-order chi connectivity index (χ1) is 11.7. The van der Waals surface area contributed by atoms with Crippen molar-refractivity contribution in [3.8, 4) is 0 Å². The van der Waals surface area contributed by atoms with Gasteiger partial charge in [-0.2, -0.15) is 10.1 Å². The lowest BCUT2D eigenvalue weighted by Crippen LogP contribution is -2.34. The van der Waals surface area contributed by atoms with Gasteiger partial charge in [0.1, 0.15) is 5.39 Å². The summed E-state index contributed by atoms with van der Waals surface area (Å²) in [6.07, 6.45) is 2.20. The number of aromatic nitrogens is 4. The number of rotatable bonds is 3. The summed E-state index contributed by atoms with van der Waals surface area (Å²) in [5.74, 6) is 0.261. The number of anilines is 1. The van der Waals surface area contributed by atoms with E-state index in [1.165, 1.54) is 0 Å². The lowest BCUT2D eigenvalue weighted by molar-refractivity contribution is -0.153. The van der Waals surface area contributed by atoms with Crippen LogP contribution >= 0.6 is 0 Å². The fourth-order valence-electron chi connectivity index (χ4n) is 3.16. The molecule has 2 aromatic rings. The molecule has 1 aliphatic rings. The average molecular weight is 347 g/mol. The summed E-state index contributed by atoms with van der Waals surface area (Å²) in [6.45, 7) is 11.2. The van der Waals surface area contributed by atoms with Crippen LogP contribution in [0.25, 0.3) is 11.0 Å². The topological polar surface area (TPSA) is 93.1 Å². The van der Waals surface area contributed by atoms with E-state index in [2.05, 4.69) is 15.1 Å². The van der Waals surface area contributed by atoms with Crippen molar-refractivity contribution in [2.75, 3.05) is 24.6 Å². The van der Waals surface area contributed by atoms with Crippen LogP contribution in [0.5, 0.6) is 0 Å². The summed E-state index contributed by atoms with van der Waals surface area (Å²) in [4.78, 5) is 34.0. The zero-order valence-electron chi connectivity index (χ0n) is 15.4. The quantitative estimate of drug-likeness (QED) is 0.849. The van der Waals surface area contributed by atoms with Gasteiger partial charge in [0.15, 0.2) is 5.65 Å². The Morgan fingerprint density at radius 3 is 2.80 bits per heavy atom. The van der Waals surface area contributed by atoms with Crippen LogP contribution in [-0.4, -0.2) is 45.4 Å². The fourth-order valence-corrected chi connectivity index (χ4v) is 3.16. The van der Waals surface area contributed by atoms with Gasteiger partial charge in [0.05, 0.1) is 23.8 Å². The van der Waals surface area contributed by atoms with Gasteiger partial charge in [-0.3, -0.25) is 14.6 Å². The average Bonchev–Trinajstić information content (AvgIpc) is 3.12. The number of H-pyrrole nitrogens is 1. The van der Waals surface area contributed by atoms with Gasteiger partial charge in [0.25, 0.3) is 5.56 Å². The molecule has 1 aliphatic heterocycles. The van der Waals surface area contributed by atoms with Gasteiger partial charge in [0, 0.05) is 13.1 Å². The van der Waals surface area contributed by atoms with Crippen LogP contribution in [0.2, 0.25) is 0 Å². The monoisotopic (exact) mass is 347 g/mol. The predicted molar refractivity (Wildman–Crippen MR) is 94.7 cm³/mol. The van der Waals surface area contributed by atoms with E-state index in [0.29, 0.717) is 43.1 Å². The number of nitrogens with one attached hydrogen (secondary N) is 1. The van der Waals surface area contributed by atoms with Crippen molar-refractivity contribution in [1.29, 1.82) is 0 Å². The molecule has 8 heteroatoms. The molecule has 1 atom stereocenters. The van der Waals surface area contributed by atoms with E-state index in [0.717, 1.165) is 0 Å². The number of hydrogen-bond donors (Lipinski definition) is 1. The molecule has 136 valence electrons. The number of aromatic amines is 1. The molecule has 8 nitrogen and oxygen atoms in total. The highest BCUT2D eigenvalue weighted by molar-refractivity contribution is 5.78. The summed E-state index contributed by atoms with van der Waals surface area (Å²) in [7, 11) is 0. The standard InChI is InChI=1S/C17H25N5O3/c1-6-25-14(24)17(5)7-8-21(10-17)15-19-12-11(13(23)20-15)9-18-22(12)16(2,3)4/h9H,6-8,10H2,1-5H3,(H,19,20,23). The van der Waals surface area contributed by atoms with Gasteiger partial charge in [-0.15, -0.1) is 0 Å². The van der Waals surface area contributed by atoms with E-state index in [1.807, 2.05) is 32.6 Å². The molecule has 0 aromatic carbocycles. The molecule has 2 aromatic heterocycles. The Morgan fingerprint density at radius 2 is 2.16 bits per heavy atom. The molecule has 1 fully saturated rings. The summed E-state index contributed by atoms with van der Waals surface area (Å²) >= 11 is 0. The predicted octanol–water partition coefficient (Wildman–Crippen LogP) is 1.65. The van der Waals surface area contributed by atoms with Crippen LogP contribution in [0.15, 0.2) is 11.0 Å². The Kier molecular flexibility index (Phi) is 4.09. The van der Waals surface area contributed by atoms with Crippen molar-refractivity contribution in [3.05, 3.63) is 16.6 Å². The second-order valence-electron chi connectivity index (χ2n) is 7.81. The number of carbonyl (C=O) groups excluding carboxylic acids is 1. The van der Waals surface area contributed by atoms with Gasteiger partial charge in [-0.05, 0) is 41.0 Å². The lowest BCUT2D eigenvalue weighted by Gasteiger charge is -2.23. The Hall–Kier alpha value is -2.38. The minimum absolute atomic E-state index is 0.208. The summed E-state index contributed by atoms with van der Waals surface area (Å²) in [5.41, 5.74) is -0.547. The van der Waals surface area contributed by atoms with Crippen molar-refractivity contribution in [1.82, 2.24) is 19.7 Å². The molecular weight excluding hydrogens is 322 g/mol. The first-order valence-electron chi connectivity index (χ1n) is 8.56. The molecule has 0 aliphatic carbocycles. The lowest BCUT2D eigenvalue weighted by atomic mass is 9.90. The molecular formula is C17H25N5O3. The largest absolute Gasteiger partial charge is 0.466 e. The number of fused-ring (bicyclic) bond motifs is 1. The van der Waals surface area contributed by atoms with Crippen LogP contribution in [0.4, 0.5) is 5.95 Å². The highest BCUT2D eigenvalue weighted by atomic mass is 16.5. The molecule has 0 saturated carbocycles. The van der Waals surface area contributed by atoms with Gasteiger partial charge < -0.3 is 9.64 Å². The minimum Gasteiger partial charge on any atom is -0.466 e. The van der Waals surface area contributed by atoms with Gasteiger partial charge in [-0.1, -0.05) is 0 Å². The van der Waals surface area contributed by atoms with Crippen molar-refractivity contribution < 1.29 is 9.53 Å². The highest BCUT2D eigenvalue weighted by Gasteiger charge is 2.42. The molecule has 25 heavy (non-hydrogen) atoms. The minimum atomic E-state index is -0.589. The molecule has 3 heterocycles. The van der Waals surface area contributed by atoms with Gasteiger partial charge >= 0.3 is 5.97 Å². The zero-order valence-corrected chi connectivity index (χ0v) is 15.4. The number of ether oxygens (including phenoxy) is 1. The third-order valence-electron chi connectivity index (χ3n) is 4.60. The van der Waals surface area contributed by atoms with E-state index in [-0.39, 0.29) is 17.1 Å². The number of carbonyl (C=O) groups is 1. The normalized spacial score (nSPS) is 21.1. The van der Waals surface area contributed by atoms with Gasteiger partial charge in [0.2, 0.25) is 5.95 Å². The summed E-state index contributed by atoms with van der Waals surface area (Å²) in [6, 6.07) is 0. The Balaban J connectivity index is 1.98. The molecule has 1 N–H and O–H groups in total. The first kappa shape index (κ1) is 17.4. The van der Waals surface area contributed by atoms with Crippen molar-refractivity contribution >= 4 is 23.0 Å². The van der Waals surface area contributed by atoms with E-state index >= 15 is 0 Å². The molecule has 0 bridgehead atoms. The summed E-state index contributed by atoms with van der Waals surface area (Å²) in [5, 5.41) is 4.78.